The molecule has 0 spiro atoms. The molecule has 14 heavy (non-hydrogen) atoms. The number of nitrogens with two attached hydrogens (primary N) is 1. The van der Waals surface area contributed by atoms with Gasteiger partial charge in [0, 0.05) is 6.04 Å². The molecule has 4 nitrogen and oxygen atoms in total. The molecule has 4 heteroatoms. The molecule has 0 aliphatic heterocycles. The lowest BCUT2D eigenvalue weighted by Crippen LogP contribution is -2.47. The summed E-state index contributed by atoms with van der Waals surface area (Å²) in [5.74, 6) is 0.167. The van der Waals surface area contributed by atoms with Crippen LogP contribution in [0.15, 0.2) is 0 Å². The van der Waals surface area contributed by atoms with E-state index < -0.39 is 6.04 Å². The average molecular weight is 200 g/mol. The second-order valence-corrected chi connectivity index (χ2v) is 4.35. The van der Waals surface area contributed by atoms with Gasteiger partial charge in [0.15, 0.2) is 0 Å². The summed E-state index contributed by atoms with van der Waals surface area (Å²) in [7, 11) is 0. The van der Waals surface area contributed by atoms with E-state index in [4.69, 9.17) is 5.73 Å². The zero-order valence-electron chi connectivity index (χ0n) is 8.86. The number of hydrogen-bond acceptors (Lipinski definition) is 3. The van der Waals surface area contributed by atoms with Gasteiger partial charge in [-0.2, -0.15) is 0 Å². The molecule has 1 unspecified atom stereocenters. The van der Waals surface area contributed by atoms with Crippen molar-refractivity contribution in [2.75, 3.05) is 0 Å². The number of aliphatic hydroxyl groups excluding tert-OH is 1. The molecule has 1 rings (SSSR count). The van der Waals surface area contributed by atoms with Crippen LogP contribution >= 0.6 is 0 Å². The lowest BCUT2D eigenvalue weighted by molar-refractivity contribution is -0.123. The van der Waals surface area contributed by atoms with Gasteiger partial charge < -0.3 is 16.2 Å². The van der Waals surface area contributed by atoms with Gasteiger partial charge in [0.25, 0.3) is 0 Å². The molecule has 4 atom stereocenters. The highest BCUT2D eigenvalue weighted by Crippen LogP contribution is 2.24. The van der Waals surface area contributed by atoms with Crippen LogP contribution in [-0.4, -0.2) is 29.2 Å². The Hall–Kier alpha value is -0.610. The lowest BCUT2D eigenvalue weighted by Gasteiger charge is -2.31. The van der Waals surface area contributed by atoms with Crippen LogP contribution in [0.2, 0.25) is 0 Å². The normalized spacial score (nSPS) is 35.0. The number of hydrogen-bond donors (Lipinski definition) is 3. The maximum atomic E-state index is 11.3. The van der Waals surface area contributed by atoms with Crippen LogP contribution in [-0.2, 0) is 4.79 Å². The Bertz CT molecular complexity index is 206. The number of nitrogens with one attached hydrogen (secondary N) is 1. The van der Waals surface area contributed by atoms with Crippen molar-refractivity contribution in [2.24, 2.45) is 11.7 Å². The van der Waals surface area contributed by atoms with E-state index >= 15 is 0 Å². The van der Waals surface area contributed by atoms with Crippen molar-refractivity contribution in [3.05, 3.63) is 0 Å². The SMILES string of the molecule is C[C@@H]1C[C@@H](NC(=O)[C@@H](C)N)CCC1O. The van der Waals surface area contributed by atoms with E-state index in [1.807, 2.05) is 6.92 Å². The second kappa shape index (κ2) is 4.75. The Kier molecular flexibility index (Phi) is 3.89. The molecule has 1 saturated carbocycles. The van der Waals surface area contributed by atoms with Crippen molar-refractivity contribution in [2.45, 2.75) is 51.3 Å². The quantitative estimate of drug-likeness (QED) is 0.587. The zero-order chi connectivity index (χ0) is 10.7. The minimum Gasteiger partial charge on any atom is -0.393 e. The van der Waals surface area contributed by atoms with Crippen LogP contribution in [0.4, 0.5) is 0 Å². The second-order valence-electron chi connectivity index (χ2n) is 4.35. The van der Waals surface area contributed by atoms with E-state index in [0.717, 1.165) is 19.3 Å². The highest BCUT2D eigenvalue weighted by atomic mass is 16.3. The number of carbonyl (C=O) groups is 1. The maximum Gasteiger partial charge on any atom is 0.236 e. The molecule has 0 heterocycles. The van der Waals surface area contributed by atoms with Crippen molar-refractivity contribution in [1.29, 1.82) is 0 Å². The van der Waals surface area contributed by atoms with Gasteiger partial charge in [-0.05, 0) is 32.1 Å². The number of aliphatic hydroxyl groups is 1. The van der Waals surface area contributed by atoms with Crippen molar-refractivity contribution in [3.8, 4) is 0 Å². The summed E-state index contributed by atoms with van der Waals surface area (Å²) in [6.45, 7) is 3.69. The van der Waals surface area contributed by atoms with Crippen molar-refractivity contribution >= 4 is 5.91 Å². The summed E-state index contributed by atoms with van der Waals surface area (Å²) < 4.78 is 0. The molecule has 1 amide bonds. The van der Waals surface area contributed by atoms with Crippen LogP contribution in [0.25, 0.3) is 0 Å². The molecule has 0 aromatic carbocycles. The molecule has 1 aliphatic carbocycles. The van der Waals surface area contributed by atoms with Gasteiger partial charge in [0.2, 0.25) is 5.91 Å². The number of rotatable bonds is 2. The van der Waals surface area contributed by atoms with Crippen LogP contribution in [0.5, 0.6) is 0 Å². The first-order valence-corrected chi connectivity index (χ1v) is 5.24. The Labute approximate surface area is 84.9 Å². The van der Waals surface area contributed by atoms with Gasteiger partial charge in [-0.3, -0.25) is 4.79 Å². The predicted molar refractivity (Wildman–Crippen MR) is 54.6 cm³/mol. The lowest BCUT2D eigenvalue weighted by atomic mass is 9.84. The molecule has 4 N–H and O–H groups in total. The molecule has 1 fully saturated rings. The summed E-state index contributed by atoms with van der Waals surface area (Å²) in [5, 5.41) is 12.4. The van der Waals surface area contributed by atoms with E-state index in [0.29, 0.717) is 0 Å². The number of amides is 1. The minimum absolute atomic E-state index is 0.0985. The molecular weight excluding hydrogens is 180 g/mol. The van der Waals surface area contributed by atoms with E-state index in [2.05, 4.69) is 5.32 Å². The van der Waals surface area contributed by atoms with E-state index in [1.165, 1.54) is 0 Å². The van der Waals surface area contributed by atoms with Crippen molar-refractivity contribution in [1.82, 2.24) is 5.32 Å². The summed E-state index contributed by atoms with van der Waals surface area (Å²) in [6, 6.07) is -0.260. The predicted octanol–water partition coefficient (Wildman–Crippen LogP) is -0.000700. The first-order valence-electron chi connectivity index (χ1n) is 5.24. The average Bonchev–Trinajstić information content (AvgIpc) is 2.11. The fourth-order valence-corrected chi connectivity index (χ4v) is 1.84. The largest absolute Gasteiger partial charge is 0.393 e. The molecule has 0 aromatic rings. The minimum atomic E-state index is -0.447. The van der Waals surface area contributed by atoms with Gasteiger partial charge in [-0.1, -0.05) is 6.92 Å². The summed E-state index contributed by atoms with van der Waals surface area (Å²) in [6.07, 6.45) is 2.26. The topological polar surface area (TPSA) is 75.4 Å². The standard InChI is InChI=1S/C10H20N2O2/c1-6-5-8(3-4-9(6)13)12-10(14)7(2)11/h6-9,13H,3-5,11H2,1-2H3,(H,12,14)/t6-,7-,8+,9?/m1/s1. The number of carbonyl (C=O) groups excluding carboxylic acids is 1. The highest BCUT2D eigenvalue weighted by molar-refractivity contribution is 5.81. The van der Waals surface area contributed by atoms with Crippen LogP contribution in [0.1, 0.15) is 33.1 Å². The van der Waals surface area contributed by atoms with Gasteiger partial charge in [0.05, 0.1) is 12.1 Å². The first kappa shape index (κ1) is 11.5. The Morgan fingerprint density at radius 2 is 2.21 bits per heavy atom. The summed E-state index contributed by atoms with van der Waals surface area (Å²) >= 11 is 0. The Balaban J connectivity index is 2.37. The van der Waals surface area contributed by atoms with E-state index in [-0.39, 0.29) is 24.0 Å². The van der Waals surface area contributed by atoms with E-state index in [9.17, 15) is 9.90 Å². The molecule has 1 aliphatic rings. The maximum absolute atomic E-state index is 11.3. The van der Waals surface area contributed by atoms with Gasteiger partial charge >= 0.3 is 0 Å². The zero-order valence-corrected chi connectivity index (χ0v) is 8.86. The smallest absolute Gasteiger partial charge is 0.236 e. The molecule has 82 valence electrons. The van der Waals surface area contributed by atoms with Gasteiger partial charge in [-0.15, -0.1) is 0 Å². The molecule has 0 bridgehead atoms. The van der Waals surface area contributed by atoms with E-state index in [1.54, 1.807) is 6.92 Å². The molecule has 0 radical (unpaired) electrons. The fraction of sp³-hybridized carbons (Fsp3) is 0.900. The molecule has 0 aromatic heterocycles. The molecule has 0 saturated heterocycles. The Morgan fingerprint density at radius 1 is 1.57 bits per heavy atom. The highest BCUT2D eigenvalue weighted by Gasteiger charge is 2.27. The van der Waals surface area contributed by atoms with Gasteiger partial charge in [0.1, 0.15) is 0 Å². The van der Waals surface area contributed by atoms with Gasteiger partial charge in [-0.25, -0.2) is 0 Å². The Morgan fingerprint density at radius 3 is 2.71 bits per heavy atom. The summed E-state index contributed by atoms with van der Waals surface area (Å²) in [4.78, 5) is 11.3. The third-order valence-electron chi connectivity index (χ3n) is 2.88. The van der Waals surface area contributed by atoms with Crippen molar-refractivity contribution in [3.63, 3.8) is 0 Å². The summed E-state index contributed by atoms with van der Waals surface area (Å²) in [5.41, 5.74) is 5.45. The van der Waals surface area contributed by atoms with Crippen LogP contribution < -0.4 is 11.1 Å². The third kappa shape index (κ3) is 2.96. The monoisotopic (exact) mass is 200 g/mol. The van der Waals surface area contributed by atoms with Crippen molar-refractivity contribution < 1.29 is 9.90 Å². The molecular formula is C10H20N2O2. The first-order chi connectivity index (χ1) is 6.50. The van der Waals surface area contributed by atoms with Crippen LogP contribution in [0.3, 0.4) is 0 Å². The van der Waals surface area contributed by atoms with Crippen LogP contribution in [0, 0.1) is 5.92 Å². The third-order valence-corrected chi connectivity index (χ3v) is 2.88. The fourth-order valence-electron chi connectivity index (χ4n) is 1.84.